The smallest absolute Gasteiger partial charge is 0.369 e. The number of carboxylic acids is 2. The molecule has 6 heteroatoms. The van der Waals surface area contributed by atoms with E-state index in [1.54, 1.807) is 18.2 Å². The highest BCUT2D eigenvalue weighted by atomic mass is 32.2. The minimum absolute atomic E-state index is 0.187. The van der Waals surface area contributed by atoms with Gasteiger partial charge in [0.2, 0.25) is 0 Å². The lowest BCUT2D eigenvalue weighted by Crippen LogP contribution is -2.37. The molecule has 1 rings (SSSR count). The summed E-state index contributed by atoms with van der Waals surface area (Å²) in [5, 5.41) is 15.3. The van der Waals surface area contributed by atoms with Gasteiger partial charge in [-0.25, -0.2) is 9.59 Å². The summed E-state index contributed by atoms with van der Waals surface area (Å²) >= 11 is -2.08. The standard InChI is InChI=1S/C9H8O5S/c10-8(11)7(9(12)13)15(14)6-4-2-1-3-5-6/h1-5,7H,(H,10,11)(H,12,13). The highest BCUT2D eigenvalue weighted by Crippen LogP contribution is 2.16. The molecule has 0 aliphatic carbocycles. The van der Waals surface area contributed by atoms with Crippen LogP contribution in [0.2, 0.25) is 0 Å². The van der Waals surface area contributed by atoms with Crippen molar-refractivity contribution < 1.29 is 24.4 Å². The predicted molar refractivity (Wildman–Crippen MR) is 51.9 cm³/mol. The summed E-state index contributed by atoms with van der Waals surface area (Å²) in [6, 6.07) is 7.64. The van der Waals surface area contributed by atoms with E-state index in [0.29, 0.717) is 0 Å². The number of carboxylic acid groups (broad SMARTS) is 2. The van der Waals surface area contributed by atoms with Gasteiger partial charge < -0.3 is 14.8 Å². The van der Waals surface area contributed by atoms with Gasteiger partial charge in [-0.15, -0.1) is 0 Å². The zero-order valence-corrected chi connectivity index (χ0v) is 8.31. The number of aliphatic carboxylic acids is 2. The summed E-state index contributed by atoms with van der Waals surface area (Å²) in [5.41, 5.74) is 0. The summed E-state index contributed by atoms with van der Waals surface area (Å²) in [6.07, 6.45) is 0. The van der Waals surface area contributed by atoms with Gasteiger partial charge in [-0.3, -0.25) is 0 Å². The molecule has 15 heavy (non-hydrogen) atoms. The van der Waals surface area contributed by atoms with Gasteiger partial charge in [0, 0.05) is 11.2 Å². The van der Waals surface area contributed by atoms with Crippen molar-refractivity contribution in [2.24, 2.45) is 0 Å². The zero-order chi connectivity index (χ0) is 11.4. The Bertz CT molecular complexity index is 350. The molecule has 0 aliphatic rings. The molecular weight excluding hydrogens is 220 g/mol. The molecule has 0 aromatic heterocycles. The summed E-state index contributed by atoms with van der Waals surface area (Å²) in [6.45, 7) is 0. The Kier molecular flexibility index (Phi) is 3.70. The third-order valence-corrected chi connectivity index (χ3v) is 3.21. The lowest BCUT2D eigenvalue weighted by Gasteiger charge is -2.13. The maximum atomic E-state index is 11.6. The zero-order valence-electron chi connectivity index (χ0n) is 7.49. The van der Waals surface area contributed by atoms with Crippen LogP contribution in [0.1, 0.15) is 0 Å². The summed E-state index contributed by atoms with van der Waals surface area (Å²) in [5.74, 6) is -3.21. The molecule has 80 valence electrons. The molecule has 0 radical (unpaired) electrons. The third kappa shape index (κ3) is 2.71. The quantitative estimate of drug-likeness (QED) is 0.571. The van der Waals surface area contributed by atoms with Crippen LogP contribution in [0.4, 0.5) is 0 Å². The molecule has 0 amide bonds. The number of benzene rings is 1. The van der Waals surface area contributed by atoms with Gasteiger partial charge in [-0.05, 0) is 12.1 Å². The molecule has 0 bridgehead atoms. The minimum Gasteiger partial charge on any atom is -0.610 e. The van der Waals surface area contributed by atoms with E-state index >= 15 is 0 Å². The van der Waals surface area contributed by atoms with Crippen LogP contribution in [0.5, 0.6) is 0 Å². The second-order valence-electron chi connectivity index (χ2n) is 2.67. The fraction of sp³-hybridized carbons (Fsp3) is 0.111. The average molecular weight is 228 g/mol. The molecule has 0 spiro atoms. The van der Waals surface area contributed by atoms with Crippen LogP contribution in [-0.2, 0) is 20.8 Å². The van der Waals surface area contributed by atoms with Crippen LogP contribution in [0.25, 0.3) is 0 Å². The molecule has 0 saturated carbocycles. The van der Waals surface area contributed by atoms with Gasteiger partial charge in [0.05, 0.1) is 0 Å². The van der Waals surface area contributed by atoms with Crippen molar-refractivity contribution in [1.29, 1.82) is 0 Å². The third-order valence-electron chi connectivity index (χ3n) is 1.64. The van der Waals surface area contributed by atoms with Crippen molar-refractivity contribution in [2.45, 2.75) is 10.1 Å². The van der Waals surface area contributed by atoms with Gasteiger partial charge in [0.25, 0.3) is 0 Å². The van der Waals surface area contributed by atoms with Crippen LogP contribution >= 0.6 is 0 Å². The Morgan fingerprint density at radius 3 is 2.00 bits per heavy atom. The largest absolute Gasteiger partial charge is 0.610 e. The van der Waals surface area contributed by atoms with Crippen LogP contribution in [0.3, 0.4) is 0 Å². The van der Waals surface area contributed by atoms with E-state index in [-0.39, 0.29) is 4.90 Å². The maximum Gasteiger partial charge on any atom is 0.369 e. The number of rotatable bonds is 4. The lowest BCUT2D eigenvalue weighted by molar-refractivity contribution is -0.146. The van der Waals surface area contributed by atoms with Crippen molar-refractivity contribution in [3.8, 4) is 0 Å². The van der Waals surface area contributed by atoms with Gasteiger partial charge in [0.1, 0.15) is 0 Å². The molecule has 0 aliphatic heterocycles. The van der Waals surface area contributed by atoms with E-state index in [1.165, 1.54) is 12.1 Å². The second-order valence-corrected chi connectivity index (χ2v) is 4.20. The molecule has 1 unspecified atom stereocenters. The monoisotopic (exact) mass is 228 g/mol. The Hall–Kier alpha value is -1.53. The number of hydrogen-bond acceptors (Lipinski definition) is 3. The van der Waals surface area contributed by atoms with Crippen LogP contribution in [-0.4, -0.2) is 32.0 Å². The molecular formula is C9H8O5S. The summed E-state index contributed by atoms with van der Waals surface area (Å²) in [7, 11) is 0. The minimum atomic E-state index is -2.08. The number of carbonyl (C=O) groups is 2. The molecule has 2 N–H and O–H groups in total. The SMILES string of the molecule is O=C(O)C(C(=O)O)[S+]([O-])c1ccccc1. The summed E-state index contributed by atoms with van der Waals surface area (Å²) < 4.78 is 11.6. The van der Waals surface area contributed by atoms with Gasteiger partial charge in [-0.1, -0.05) is 18.2 Å². The first-order valence-corrected chi connectivity index (χ1v) is 5.16. The van der Waals surface area contributed by atoms with Crippen LogP contribution in [0, 0.1) is 0 Å². The maximum absolute atomic E-state index is 11.6. The van der Waals surface area contributed by atoms with E-state index in [1.807, 2.05) is 0 Å². The Balaban J connectivity index is 2.96. The number of hydrogen-bond donors (Lipinski definition) is 2. The fourth-order valence-corrected chi connectivity index (χ4v) is 2.04. The van der Waals surface area contributed by atoms with Crippen molar-refractivity contribution in [1.82, 2.24) is 0 Å². The lowest BCUT2D eigenvalue weighted by atomic mass is 10.4. The predicted octanol–water partition coefficient (Wildman–Crippen LogP) is 0.332. The van der Waals surface area contributed by atoms with Crippen molar-refractivity contribution in [3.05, 3.63) is 30.3 Å². The molecule has 0 saturated heterocycles. The molecule has 1 aromatic carbocycles. The van der Waals surface area contributed by atoms with E-state index < -0.39 is 28.4 Å². The Morgan fingerprint density at radius 1 is 1.13 bits per heavy atom. The highest BCUT2D eigenvalue weighted by Gasteiger charge is 2.39. The first-order chi connectivity index (χ1) is 7.04. The second kappa shape index (κ2) is 4.81. The van der Waals surface area contributed by atoms with E-state index in [4.69, 9.17) is 10.2 Å². The Morgan fingerprint density at radius 2 is 1.60 bits per heavy atom. The van der Waals surface area contributed by atoms with Crippen molar-refractivity contribution in [2.75, 3.05) is 0 Å². The van der Waals surface area contributed by atoms with Crippen molar-refractivity contribution >= 4 is 23.1 Å². The summed E-state index contributed by atoms with van der Waals surface area (Å²) in [4.78, 5) is 21.4. The fourth-order valence-electron chi connectivity index (χ4n) is 0.979. The first kappa shape index (κ1) is 11.5. The van der Waals surface area contributed by atoms with Gasteiger partial charge in [0.15, 0.2) is 4.90 Å². The van der Waals surface area contributed by atoms with E-state index in [9.17, 15) is 14.1 Å². The van der Waals surface area contributed by atoms with Crippen LogP contribution < -0.4 is 0 Å². The van der Waals surface area contributed by atoms with Gasteiger partial charge in [-0.2, -0.15) is 0 Å². The van der Waals surface area contributed by atoms with Gasteiger partial charge >= 0.3 is 17.2 Å². The molecule has 0 heterocycles. The molecule has 0 fully saturated rings. The van der Waals surface area contributed by atoms with E-state index in [2.05, 4.69) is 0 Å². The Labute approximate surface area is 88.5 Å². The molecule has 1 aromatic rings. The highest BCUT2D eigenvalue weighted by molar-refractivity contribution is 7.93. The normalized spacial score (nSPS) is 12.4. The molecule has 5 nitrogen and oxygen atoms in total. The average Bonchev–Trinajstić information content (AvgIpc) is 2.18. The van der Waals surface area contributed by atoms with Crippen LogP contribution in [0.15, 0.2) is 35.2 Å². The van der Waals surface area contributed by atoms with E-state index in [0.717, 1.165) is 0 Å². The topological polar surface area (TPSA) is 97.7 Å². The molecule has 1 atom stereocenters. The van der Waals surface area contributed by atoms with Crippen molar-refractivity contribution in [3.63, 3.8) is 0 Å². The first-order valence-electron chi connectivity index (χ1n) is 3.95.